The predicted octanol–water partition coefficient (Wildman–Crippen LogP) is 3.53. The number of anilines is 1. The lowest BCUT2D eigenvalue weighted by Gasteiger charge is -2.42. The van der Waals surface area contributed by atoms with Gasteiger partial charge in [0, 0.05) is 50.5 Å². The largest absolute Gasteiger partial charge is 0.417 e. The van der Waals surface area contributed by atoms with Crippen LogP contribution in [0.5, 0.6) is 0 Å². The van der Waals surface area contributed by atoms with Crippen LogP contribution in [-0.2, 0) is 22.0 Å². The summed E-state index contributed by atoms with van der Waals surface area (Å²) in [5, 5.41) is 0. The van der Waals surface area contributed by atoms with Gasteiger partial charge in [0.1, 0.15) is 11.6 Å². The first-order valence-electron chi connectivity index (χ1n) is 10.5. The smallest absolute Gasteiger partial charge is 0.354 e. The minimum atomic E-state index is -4.39. The number of carbonyl (C=O) groups excluding carboxylic acids is 1. The van der Waals surface area contributed by atoms with E-state index in [9.17, 15) is 22.2 Å². The van der Waals surface area contributed by atoms with Crippen LogP contribution in [0.25, 0.3) is 0 Å². The molecule has 1 saturated heterocycles. The van der Waals surface area contributed by atoms with Crippen molar-refractivity contribution >= 4 is 22.6 Å². The van der Waals surface area contributed by atoms with Gasteiger partial charge in [0.25, 0.3) is 0 Å². The first-order chi connectivity index (χ1) is 14.1. The first-order valence-corrected chi connectivity index (χ1v) is 11.8. The summed E-state index contributed by atoms with van der Waals surface area (Å²) in [7, 11) is -1.16. The molecule has 0 N–H and O–H groups in total. The van der Waals surface area contributed by atoms with E-state index in [1.165, 1.54) is 6.07 Å². The molecular formula is C21H28F3N3O2S. The van der Waals surface area contributed by atoms with Crippen LogP contribution in [-0.4, -0.2) is 51.2 Å². The number of Topliss-reactive ketones (excluding diaryl/α,β-unsaturated/α-hetero) is 1. The Hall–Kier alpha value is -1.48. The molecule has 4 atom stereocenters. The third-order valence-electron chi connectivity index (χ3n) is 7.29. The van der Waals surface area contributed by atoms with Gasteiger partial charge in [-0.15, -0.1) is 0 Å². The van der Waals surface area contributed by atoms with Crippen molar-refractivity contribution < 1.29 is 22.2 Å². The first kappa shape index (κ1) is 21.7. The fraction of sp³-hybridized carbons (Fsp3) is 0.714. The number of alkyl halides is 3. The van der Waals surface area contributed by atoms with Crippen LogP contribution >= 0.6 is 0 Å². The summed E-state index contributed by atoms with van der Waals surface area (Å²) in [5.74, 6) is 2.00. The molecule has 3 aliphatic rings. The van der Waals surface area contributed by atoms with Crippen molar-refractivity contribution in [3.05, 3.63) is 23.9 Å². The molecular weight excluding hydrogens is 415 g/mol. The Balaban J connectivity index is 1.33. The molecule has 2 unspecified atom stereocenters. The normalized spacial score (nSPS) is 30.5. The highest BCUT2D eigenvalue weighted by Gasteiger charge is 2.54. The Morgan fingerprint density at radius 1 is 1.17 bits per heavy atom. The van der Waals surface area contributed by atoms with Crippen LogP contribution in [0.3, 0.4) is 0 Å². The summed E-state index contributed by atoms with van der Waals surface area (Å²) in [6.45, 7) is 6.60. The van der Waals surface area contributed by atoms with Crippen molar-refractivity contribution in [3.8, 4) is 0 Å². The summed E-state index contributed by atoms with van der Waals surface area (Å²) < 4.78 is 53.1. The van der Waals surface area contributed by atoms with Gasteiger partial charge in [-0.3, -0.25) is 4.79 Å². The fourth-order valence-electron chi connectivity index (χ4n) is 5.56. The van der Waals surface area contributed by atoms with E-state index in [1.807, 2.05) is 9.21 Å². The number of pyridine rings is 1. The molecule has 166 valence electrons. The van der Waals surface area contributed by atoms with Crippen molar-refractivity contribution in [3.63, 3.8) is 0 Å². The van der Waals surface area contributed by atoms with E-state index in [0.717, 1.165) is 25.1 Å². The Morgan fingerprint density at radius 3 is 2.47 bits per heavy atom. The van der Waals surface area contributed by atoms with Crippen LogP contribution in [0.1, 0.15) is 38.7 Å². The van der Waals surface area contributed by atoms with Crippen molar-refractivity contribution in [2.24, 2.45) is 23.2 Å². The van der Waals surface area contributed by atoms with Crippen molar-refractivity contribution in [1.29, 1.82) is 0 Å². The lowest BCUT2D eigenvalue weighted by atomic mass is 9.64. The van der Waals surface area contributed by atoms with Crippen LogP contribution in [0, 0.1) is 23.2 Å². The lowest BCUT2D eigenvalue weighted by Crippen LogP contribution is -2.49. The Morgan fingerprint density at radius 2 is 1.87 bits per heavy atom. The Kier molecular flexibility index (Phi) is 5.72. The second-order valence-corrected chi connectivity index (χ2v) is 10.8. The number of nitrogens with zero attached hydrogens (tertiary/aromatic N) is 3. The Labute approximate surface area is 177 Å². The van der Waals surface area contributed by atoms with Crippen molar-refractivity contribution in [2.45, 2.75) is 39.3 Å². The van der Waals surface area contributed by atoms with Gasteiger partial charge in [-0.2, -0.15) is 13.2 Å². The van der Waals surface area contributed by atoms with Crippen molar-refractivity contribution in [2.75, 3.05) is 36.8 Å². The zero-order chi connectivity index (χ0) is 21.7. The molecule has 2 bridgehead atoms. The highest BCUT2D eigenvalue weighted by atomic mass is 32.2. The molecule has 2 saturated carbocycles. The maximum atomic E-state index is 13.0. The fourth-order valence-corrected chi connectivity index (χ4v) is 7.06. The number of carbonyl (C=O) groups is 1. The third kappa shape index (κ3) is 4.02. The highest BCUT2D eigenvalue weighted by Crippen LogP contribution is 2.55. The average molecular weight is 444 g/mol. The number of piperazine rings is 1. The molecule has 9 heteroatoms. The van der Waals surface area contributed by atoms with E-state index in [1.54, 1.807) is 0 Å². The molecule has 3 fully saturated rings. The van der Waals surface area contributed by atoms with E-state index in [2.05, 4.69) is 18.8 Å². The molecule has 2 aliphatic carbocycles. The molecule has 1 aliphatic heterocycles. The summed E-state index contributed by atoms with van der Waals surface area (Å²) in [6.07, 6.45) is -0.873. The van der Waals surface area contributed by atoms with Gasteiger partial charge < -0.3 is 4.90 Å². The molecule has 0 spiro atoms. The maximum absolute atomic E-state index is 13.0. The number of fused-ring (bicyclic) bond motifs is 2. The zero-order valence-electron chi connectivity index (χ0n) is 17.3. The van der Waals surface area contributed by atoms with E-state index < -0.39 is 22.7 Å². The SMILES string of the molecule is CC1(C)C2C(=O)C[C@H]1CC[C@@H]2CS(=O)N1CCN(c2ccc(C(F)(F)F)cn2)CC1. The maximum Gasteiger partial charge on any atom is 0.417 e. The standard InChI is InChI=1S/C21H28F3N3O2S/c1-20(2)15-4-3-14(19(20)17(28)11-15)13-30(29)27-9-7-26(8-10-27)18-6-5-16(12-25-18)21(22,23)24/h5-6,12,14-15,19H,3-4,7-11,13H2,1-2H3/t14-,15-,19?,30?/m1/s1. The van der Waals surface area contributed by atoms with Crippen molar-refractivity contribution in [1.82, 2.24) is 9.29 Å². The van der Waals surface area contributed by atoms with Crippen LogP contribution in [0.2, 0.25) is 0 Å². The van der Waals surface area contributed by atoms with Crippen LogP contribution in [0.4, 0.5) is 19.0 Å². The minimum Gasteiger partial charge on any atom is -0.354 e. The minimum absolute atomic E-state index is 0.00283. The average Bonchev–Trinajstić information content (AvgIpc) is 2.81. The molecule has 1 aromatic rings. The molecule has 0 aromatic carbocycles. The lowest BCUT2D eigenvalue weighted by molar-refractivity contribution is -0.137. The monoisotopic (exact) mass is 443 g/mol. The molecule has 30 heavy (non-hydrogen) atoms. The summed E-state index contributed by atoms with van der Waals surface area (Å²) in [4.78, 5) is 18.4. The molecule has 4 rings (SSSR count). The number of hydrogen-bond donors (Lipinski definition) is 0. The number of rotatable bonds is 4. The second kappa shape index (κ2) is 7.89. The highest BCUT2D eigenvalue weighted by molar-refractivity contribution is 7.82. The van der Waals surface area contributed by atoms with Crippen LogP contribution in [0.15, 0.2) is 18.3 Å². The summed E-state index contributed by atoms with van der Waals surface area (Å²) in [6, 6.07) is 2.44. The van der Waals surface area contributed by atoms with Gasteiger partial charge in [-0.25, -0.2) is 13.5 Å². The van der Waals surface area contributed by atoms with Crippen LogP contribution < -0.4 is 4.90 Å². The molecule has 2 heterocycles. The van der Waals surface area contributed by atoms with Gasteiger partial charge in [-0.1, -0.05) is 13.8 Å². The quantitative estimate of drug-likeness (QED) is 0.715. The van der Waals surface area contributed by atoms with E-state index in [0.29, 0.717) is 55.9 Å². The number of hydrogen-bond acceptors (Lipinski definition) is 4. The molecule has 0 amide bonds. The summed E-state index contributed by atoms with van der Waals surface area (Å²) in [5.41, 5.74) is -0.762. The number of halogens is 3. The molecule has 0 radical (unpaired) electrons. The predicted molar refractivity (Wildman–Crippen MR) is 109 cm³/mol. The van der Waals surface area contributed by atoms with E-state index in [4.69, 9.17) is 0 Å². The number of aromatic nitrogens is 1. The van der Waals surface area contributed by atoms with Gasteiger partial charge in [0.2, 0.25) is 0 Å². The summed E-state index contributed by atoms with van der Waals surface area (Å²) >= 11 is 0. The molecule has 1 aromatic heterocycles. The van der Waals surface area contributed by atoms with Gasteiger partial charge in [-0.05, 0) is 42.2 Å². The topological polar surface area (TPSA) is 53.5 Å². The van der Waals surface area contributed by atoms with E-state index in [-0.39, 0.29) is 17.3 Å². The molecule has 5 nitrogen and oxygen atoms in total. The third-order valence-corrected chi connectivity index (χ3v) is 8.94. The van der Waals surface area contributed by atoms with Gasteiger partial charge in [0.15, 0.2) is 0 Å². The van der Waals surface area contributed by atoms with E-state index >= 15 is 0 Å². The van der Waals surface area contributed by atoms with Gasteiger partial charge in [0.05, 0.1) is 16.5 Å². The zero-order valence-corrected chi connectivity index (χ0v) is 18.1. The Bertz CT molecular complexity index is 820. The van der Waals surface area contributed by atoms with Gasteiger partial charge >= 0.3 is 6.18 Å². The second-order valence-electron chi connectivity index (χ2n) is 9.31. The number of ketones is 1.